The minimum atomic E-state index is 0.476. The average molecular weight is 390 g/mol. The van der Waals surface area contributed by atoms with Crippen LogP contribution in [0, 0.1) is 0 Å². The molecule has 2 N–H and O–H groups in total. The Hall–Kier alpha value is -2.04. The van der Waals surface area contributed by atoms with E-state index in [1.54, 1.807) is 18.5 Å². The molecule has 1 aliphatic heterocycles. The van der Waals surface area contributed by atoms with Gasteiger partial charge in [0.2, 0.25) is 5.95 Å². The molecule has 2 aromatic rings. The Labute approximate surface area is 161 Å². The van der Waals surface area contributed by atoms with E-state index in [1.165, 1.54) is 11.8 Å². The zero-order valence-electron chi connectivity index (χ0n) is 14.1. The summed E-state index contributed by atoms with van der Waals surface area (Å²) < 4.78 is 5.44. The van der Waals surface area contributed by atoms with E-state index in [0.717, 1.165) is 36.8 Å². The van der Waals surface area contributed by atoms with Gasteiger partial charge in [0, 0.05) is 37.6 Å². The average Bonchev–Trinajstić information content (AvgIpc) is 3.47. The number of aromatic nitrogens is 4. The van der Waals surface area contributed by atoms with E-state index in [1.807, 2.05) is 6.07 Å². The van der Waals surface area contributed by atoms with Crippen LogP contribution in [0.15, 0.2) is 34.7 Å². The number of ether oxygens (including phenoxy) is 1. The van der Waals surface area contributed by atoms with Crippen molar-refractivity contribution in [3.8, 4) is 0 Å². The fourth-order valence-electron chi connectivity index (χ4n) is 2.46. The summed E-state index contributed by atoms with van der Waals surface area (Å²) in [4.78, 5) is 19.9. The van der Waals surface area contributed by atoms with Gasteiger partial charge in [-0.15, -0.1) is 0 Å². The van der Waals surface area contributed by atoms with Crippen molar-refractivity contribution >= 4 is 40.9 Å². The number of rotatable bonds is 5. The molecule has 1 saturated heterocycles. The second-order valence-electron chi connectivity index (χ2n) is 5.99. The quantitative estimate of drug-likeness (QED) is 0.447. The third-order valence-electron chi connectivity index (χ3n) is 3.90. The van der Waals surface area contributed by atoms with Gasteiger partial charge in [0.05, 0.1) is 13.2 Å². The maximum Gasteiger partial charge on any atom is 0.232 e. The number of nitrogens with one attached hydrogen (secondary N) is 2. The summed E-state index contributed by atoms with van der Waals surface area (Å²) in [6.07, 6.45) is 5.74. The summed E-state index contributed by atoms with van der Waals surface area (Å²) in [5.41, 5.74) is 0. The Morgan fingerprint density at radius 2 is 1.96 bits per heavy atom. The summed E-state index contributed by atoms with van der Waals surface area (Å²) >= 11 is 6.76. The fourth-order valence-corrected chi connectivity index (χ4v) is 3.43. The van der Waals surface area contributed by atoms with E-state index in [-0.39, 0.29) is 0 Å². The van der Waals surface area contributed by atoms with Crippen LogP contribution in [0.1, 0.15) is 12.8 Å². The molecule has 0 radical (unpaired) electrons. The standard InChI is InChI=1S/C16H19N7OS2/c25-15(19-11-2-3-11)22-14-20-12(23-6-8-24-9-7-23)10-13(21-14)26-16-17-4-1-5-18-16/h1,4-5,10-11H,2-3,6-9H2,(H2,19,20,21,22,25). The summed E-state index contributed by atoms with van der Waals surface area (Å²) in [5.74, 6) is 1.32. The van der Waals surface area contributed by atoms with Crippen molar-refractivity contribution in [3.05, 3.63) is 24.5 Å². The molecule has 136 valence electrons. The molecular weight excluding hydrogens is 370 g/mol. The van der Waals surface area contributed by atoms with Crippen molar-refractivity contribution in [3.63, 3.8) is 0 Å². The van der Waals surface area contributed by atoms with Crippen molar-refractivity contribution in [2.24, 2.45) is 0 Å². The van der Waals surface area contributed by atoms with Gasteiger partial charge in [-0.1, -0.05) is 0 Å². The van der Waals surface area contributed by atoms with Crippen LogP contribution < -0.4 is 15.5 Å². The van der Waals surface area contributed by atoms with Crippen molar-refractivity contribution in [2.75, 3.05) is 36.5 Å². The van der Waals surface area contributed by atoms with Gasteiger partial charge in [0.25, 0.3) is 0 Å². The molecule has 1 saturated carbocycles. The maximum absolute atomic E-state index is 5.44. The Morgan fingerprint density at radius 3 is 2.69 bits per heavy atom. The molecule has 0 bridgehead atoms. The summed E-state index contributed by atoms with van der Waals surface area (Å²) in [5, 5.41) is 8.32. The van der Waals surface area contributed by atoms with Gasteiger partial charge >= 0.3 is 0 Å². The number of morpholine rings is 1. The van der Waals surface area contributed by atoms with Gasteiger partial charge in [-0.05, 0) is 42.9 Å². The Kier molecular flexibility index (Phi) is 5.42. The monoisotopic (exact) mass is 389 g/mol. The predicted octanol–water partition coefficient (Wildman–Crippen LogP) is 1.70. The first-order valence-corrected chi connectivity index (χ1v) is 9.73. The molecule has 10 heteroatoms. The van der Waals surface area contributed by atoms with Crippen LogP contribution in [0.2, 0.25) is 0 Å². The van der Waals surface area contributed by atoms with Crippen LogP contribution >= 0.6 is 24.0 Å². The Bertz CT molecular complexity index is 766. The minimum absolute atomic E-state index is 0.476. The van der Waals surface area contributed by atoms with E-state index in [4.69, 9.17) is 17.0 Å². The maximum atomic E-state index is 5.44. The largest absolute Gasteiger partial charge is 0.378 e. The highest BCUT2D eigenvalue weighted by molar-refractivity contribution is 7.99. The molecule has 4 rings (SSSR count). The molecule has 0 amide bonds. The first kappa shape index (κ1) is 17.4. The number of nitrogens with zero attached hydrogens (tertiary/aromatic N) is 5. The van der Waals surface area contributed by atoms with E-state index in [2.05, 4.69) is 35.5 Å². The second kappa shape index (κ2) is 8.11. The molecule has 0 unspecified atom stereocenters. The molecule has 0 aromatic carbocycles. The van der Waals surface area contributed by atoms with Gasteiger partial charge in [-0.25, -0.2) is 15.0 Å². The first-order chi connectivity index (χ1) is 12.8. The molecule has 2 fully saturated rings. The number of thiocarbonyl (C=S) groups is 1. The summed E-state index contributed by atoms with van der Waals surface area (Å²) in [6.45, 7) is 2.98. The van der Waals surface area contributed by atoms with Crippen molar-refractivity contribution in [1.82, 2.24) is 25.3 Å². The lowest BCUT2D eigenvalue weighted by Crippen LogP contribution is -2.37. The van der Waals surface area contributed by atoms with Crippen molar-refractivity contribution in [2.45, 2.75) is 29.1 Å². The smallest absolute Gasteiger partial charge is 0.232 e. The van der Waals surface area contributed by atoms with Crippen molar-refractivity contribution in [1.29, 1.82) is 0 Å². The lowest BCUT2D eigenvalue weighted by Gasteiger charge is -2.28. The van der Waals surface area contributed by atoms with Gasteiger partial charge in [0.1, 0.15) is 10.8 Å². The van der Waals surface area contributed by atoms with Crippen LogP contribution in [0.5, 0.6) is 0 Å². The van der Waals surface area contributed by atoms with E-state index < -0.39 is 0 Å². The highest BCUT2D eigenvalue weighted by Gasteiger charge is 2.22. The van der Waals surface area contributed by atoms with Gasteiger partial charge in [-0.2, -0.15) is 4.98 Å². The SMILES string of the molecule is S=C(Nc1nc(Sc2ncccn2)cc(N2CCOCC2)n1)NC1CC1. The molecule has 1 aliphatic carbocycles. The fraction of sp³-hybridized carbons (Fsp3) is 0.438. The predicted molar refractivity (Wildman–Crippen MR) is 104 cm³/mol. The molecule has 2 aromatic heterocycles. The molecule has 26 heavy (non-hydrogen) atoms. The summed E-state index contributed by atoms with van der Waals surface area (Å²) in [6, 6.07) is 4.22. The number of anilines is 2. The van der Waals surface area contributed by atoms with Crippen molar-refractivity contribution < 1.29 is 4.74 Å². The minimum Gasteiger partial charge on any atom is -0.378 e. The molecule has 8 nitrogen and oxygen atoms in total. The topological polar surface area (TPSA) is 88.1 Å². The third kappa shape index (κ3) is 4.77. The Balaban J connectivity index is 1.56. The molecule has 2 aliphatic rings. The van der Waals surface area contributed by atoms with E-state index in [9.17, 15) is 0 Å². The van der Waals surface area contributed by atoms with Crippen LogP contribution in [-0.4, -0.2) is 57.4 Å². The second-order valence-corrected chi connectivity index (χ2v) is 7.39. The van der Waals surface area contributed by atoms with Gasteiger partial charge in [-0.3, -0.25) is 0 Å². The lowest BCUT2D eigenvalue weighted by atomic mass is 10.4. The number of hydrogen-bond donors (Lipinski definition) is 2. The summed E-state index contributed by atoms with van der Waals surface area (Å²) in [7, 11) is 0. The lowest BCUT2D eigenvalue weighted by molar-refractivity contribution is 0.122. The van der Waals surface area contributed by atoms with Crippen LogP contribution in [-0.2, 0) is 4.74 Å². The highest BCUT2D eigenvalue weighted by atomic mass is 32.2. The highest BCUT2D eigenvalue weighted by Crippen LogP contribution is 2.27. The zero-order chi connectivity index (χ0) is 17.8. The zero-order valence-corrected chi connectivity index (χ0v) is 15.7. The molecule has 3 heterocycles. The van der Waals surface area contributed by atoms with Gasteiger partial charge in [0.15, 0.2) is 10.3 Å². The normalized spacial score (nSPS) is 17.0. The van der Waals surface area contributed by atoms with Gasteiger partial charge < -0.3 is 20.3 Å². The molecular formula is C16H19N7OS2. The van der Waals surface area contributed by atoms with Crippen LogP contribution in [0.3, 0.4) is 0 Å². The first-order valence-electron chi connectivity index (χ1n) is 8.50. The number of hydrogen-bond acceptors (Lipinski definition) is 8. The Morgan fingerprint density at radius 1 is 1.19 bits per heavy atom. The van der Waals surface area contributed by atoms with E-state index >= 15 is 0 Å². The van der Waals surface area contributed by atoms with Crippen LogP contribution in [0.25, 0.3) is 0 Å². The van der Waals surface area contributed by atoms with E-state index in [0.29, 0.717) is 35.5 Å². The molecule has 0 spiro atoms. The molecule has 0 atom stereocenters. The van der Waals surface area contributed by atoms with Crippen LogP contribution in [0.4, 0.5) is 11.8 Å². The third-order valence-corrected chi connectivity index (χ3v) is 4.93.